The molecule has 0 unspecified atom stereocenters. The summed E-state index contributed by atoms with van der Waals surface area (Å²) in [5, 5.41) is 10.2. The van der Waals surface area contributed by atoms with Gasteiger partial charge in [0, 0.05) is 23.5 Å². The van der Waals surface area contributed by atoms with Crippen molar-refractivity contribution in [2.75, 3.05) is 0 Å². The first kappa shape index (κ1) is 15.9. The van der Waals surface area contributed by atoms with Crippen LogP contribution in [-0.2, 0) is 0 Å². The molecule has 1 aromatic rings. The molecule has 1 heterocycles. The van der Waals surface area contributed by atoms with Crippen molar-refractivity contribution in [2.45, 2.75) is 64.9 Å². The van der Waals surface area contributed by atoms with E-state index in [4.69, 9.17) is 0 Å². The van der Waals surface area contributed by atoms with Crippen molar-refractivity contribution in [3.8, 4) is 0 Å². The summed E-state index contributed by atoms with van der Waals surface area (Å²) < 4.78 is 2.22. The first-order chi connectivity index (χ1) is 12.0. The van der Waals surface area contributed by atoms with Crippen LogP contribution in [0.5, 0.6) is 0 Å². The second-order valence-electron chi connectivity index (χ2n) is 9.44. The average Bonchev–Trinajstić information content (AvgIpc) is 3.22. The minimum atomic E-state index is -0.0521. The third-order valence-corrected chi connectivity index (χ3v) is 8.42. The number of aromatic nitrogens is 2. The molecular weight excluding hydrogens is 308 g/mol. The Balaban J connectivity index is 1.46. The largest absolute Gasteiger partial charge is 0.393 e. The van der Waals surface area contributed by atoms with Crippen LogP contribution in [0, 0.1) is 28.6 Å². The van der Waals surface area contributed by atoms with Crippen LogP contribution in [0.15, 0.2) is 36.4 Å². The fourth-order valence-electron chi connectivity index (χ4n) is 6.98. The van der Waals surface area contributed by atoms with E-state index in [1.165, 1.54) is 37.8 Å². The normalized spacial score (nSPS) is 45.9. The zero-order chi connectivity index (χ0) is 17.2. The van der Waals surface area contributed by atoms with Gasteiger partial charge in [-0.25, -0.2) is 4.98 Å². The van der Waals surface area contributed by atoms with E-state index in [2.05, 4.69) is 41.7 Å². The van der Waals surface area contributed by atoms with Gasteiger partial charge in [-0.3, -0.25) is 0 Å². The van der Waals surface area contributed by atoms with Crippen molar-refractivity contribution in [2.24, 2.45) is 28.6 Å². The summed E-state index contributed by atoms with van der Waals surface area (Å²) in [5.74, 6) is 2.26. The third-order valence-electron chi connectivity index (χ3n) is 8.42. The van der Waals surface area contributed by atoms with Crippen LogP contribution < -0.4 is 0 Å². The number of imidazole rings is 1. The molecule has 3 fully saturated rings. The Bertz CT molecular complexity index is 733. The minimum absolute atomic E-state index is 0.0521. The number of allylic oxidation sites excluding steroid dienone is 4. The summed E-state index contributed by atoms with van der Waals surface area (Å²) in [4.78, 5) is 4.26. The molecule has 0 amide bonds. The van der Waals surface area contributed by atoms with E-state index in [-0.39, 0.29) is 11.5 Å². The summed E-state index contributed by atoms with van der Waals surface area (Å²) in [7, 11) is 0. The van der Waals surface area contributed by atoms with Crippen LogP contribution in [0.4, 0.5) is 0 Å². The molecule has 6 atom stereocenters. The van der Waals surface area contributed by atoms with Gasteiger partial charge in [-0.15, -0.1) is 0 Å². The molecule has 1 N–H and O–H groups in total. The van der Waals surface area contributed by atoms with Crippen LogP contribution in [0.1, 0.15) is 58.8 Å². The molecule has 4 aliphatic carbocycles. The maximum Gasteiger partial charge on any atom is 0.0989 e. The molecule has 134 valence electrons. The van der Waals surface area contributed by atoms with Crippen LogP contribution in [-0.4, -0.2) is 20.8 Å². The molecule has 1 aromatic heterocycles. The van der Waals surface area contributed by atoms with Gasteiger partial charge in [-0.2, -0.15) is 0 Å². The molecule has 4 aliphatic rings. The summed E-state index contributed by atoms with van der Waals surface area (Å²) >= 11 is 0. The Morgan fingerprint density at radius 2 is 2.00 bits per heavy atom. The molecule has 3 nitrogen and oxygen atoms in total. The predicted molar refractivity (Wildman–Crippen MR) is 99.6 cm³/mol. The topological polar surface area (TPSA) is 38.0 Å². The van der Waals surface area contributed by atoms with E-state index in [1.807, 2.05) is 12.5 Å². The van der Waals surface area contributed by atoms with E-state index in [0.717, 1.165) is 30.6 Å². The molecular formula is C22H30N2O. The van der Waals surface area contributed by atoms with Crippen molar-refractivity contribution >= 4 is 5.70 Å². The molecule has 0 saturated heterocycles. The summed E-state index contributed by atoms with van der Waals surface area (Å²) in [6.07, 6.45) is 19.1. The number of hydrogen-bond acceptors (Lipinski definition) is 2. The van der Waals surface area contributed by atoms with E-state index in [1.54, 1.807) is 5.57 Å². The zero-order valence-corrected chi connectivity index (χ0v) is 15.5. The monoisotopic (exact) mass is 338 g/mol. The van der Waals surface area contributed by atoms with Gasteiger partial charge >= 0.3 is 0 Å². The van der Waals surface area contributed by atoms with Gasteiger partial charge in [0.25, 0.3) is 0 Å². The lowest BCUT2D eigenvalue weighted by molar-refractivity contribution is -0.0786. The molecule has 3 saturated carbocycles. The quantitative estimate of drug-likeness (QED) is 0.809. The highest BCUT2D eigenvalue weighted by molar-refractivity contribution is 5.66. The summed E-state index contributed by atoms with van der Waals surface area (Å²) in [5.41, 5.74) is 3.70. The van der Waals surface area contributed by atoms with Crippen LogP contribution in [0.3, 0.4) is 0 Å². The highest BCUT2D eigenvalue weighted by Crippen LogP contribution is 2.65. The molecule has 5 rings (SSSR count). The Labute approximate surface area is 150 Å². The number of nitrogens with zero attached hydrogens (tertiary/aromatic N) is 2. The first-order valence-corrected chi connectivity index (χ1v) is 10.1. The van der Waals surface area contributed by atoms with Crippen LogP contribution in [0.2, 0.25) is 0 Å². The lowest BCUT2D eigenvalue weighted by atomic mass is 9.46. The van der Waals surface area contributed by atoms with Crippen molar-refractivity contribution in [1.82, 2.24) is 9.55 Å². The van der Waals surface area contributed by atoms with Crippen LogP contribution >= 0.6 is 0 Å². The highest BCUT2D eigenvalue weighted by atomic mass is 16.3. The van der Waals surface area contributed by atoms with Gasteiger partial charge in [-0.1, -0.05) is 25.5 Å². The number of rotatable bonds is 1. The van der Waals surface area contributed by atoms with Crippen molar-refractivity contribution < 1.29 is 5.11 Å². The van der Waals surface area contributed by atoms with E-state index < -0.39 is 0 Å². The second-order valence-corrected chi connectivity index (χ2v) is 9.44. The van der Waals surface area contributed by atoms with Crippen molar-refractivity contribution in [3.05, 3.63) is 36.4 Å². The third kappa shape index (κ3) is 2.11. The number of fused-ring (bicyclic) bond motifs is 5. The summed E-state index contributed by atoms with van der Waals surface area (Å²) in [6.45, 7) is 5.00. The van der Waals surface area contributed by atoms with Gasteiger partial charge in [0.15, 0.2) is 0 Å². The number of hydrogen-bond donors (Lipinski definition) is 1. The van der Waals surface area contributed by atoms with Gasteiger partial charge in [-0.05, 0) is 74.2 Å². The number of aliphatic hydroxyl groups excluding tert-OH is 1. The van der Waals surface area contributed by atoms with Crippen molar-refractivity contribution in [1.29, 1.82) is 0 Å². The standard InChI is InChI=1S/C22H30N2O/c1-21-9-7-16(25)13-15(21)3-4-17-18-5-6-20(24-12-11-23-14-24)22(18,2)10-8-19(17)21/h5-6,11-12,14-17,19,25H,3-4,7-10,13H2,1-2H3/t15-,16-,17-,19-,21-,22-/m0/s1. The Kier molecular flexibility index (Phi) is 3.38. The maximum atomic E-state index is 10.2. The SMILES string of the molecule is C[C@]12CC[C@H]3[C@@H](CC[C@H]4C[C@@H](O)CC[C@@]43C)C1=CC=C2n1ccnc1. The molecule has 0 bridgehead atoms. The van der Waals surface area contributed by atoms with Crippen molar-refractivity contribution in [3.63, 3.8) is 0 Å². The van der Waals surface area contributed by atoms with Gasteiger partial charge in [0.1, 0.15) is 0 Å². The van der Waals surface area contributed by atoms with E-state index in [9.17, 15) is 5.11 Å². The molecule has 3 heteroatoms. The zero-order valence-electron chi connectivity index (χ0n) is 15.5. The van der Waals surface area contributed by atoms with Gasteiger partial charge in [0.05, 0.1) is 12.4 Å². The molecule has 0 radical (unpaired) electrons. The second kappa shape index (κ2) is 5.33. The average molecular weight is 338 g/mol. The minimum Gasteiger partial charge on any atom is -0.393 e. The molecule has 0 aromatic carbocycles. The summed E-state index contributed by atoms with van der Waals surface area (Å²) in [6, 6.07) is 0. The Morgan fingerprint density at radius 1 is 1.12 bits per heavy atom. The maximum absolute atomic E-state index is 10.2. The Morgan fingerprint density at radius 3 is 2.80 bits per heavy atom. The number of aliphatic hydroxyl groups is 1. The Hall–Kier alpha value is -1.35. The molecule has 0 spiro atoms. The van der Waals surface area contributed by atoms with Gasteiger partial charge < -0.3 is 9.67 Å². The molecule has 25 heavy (non-hydrogen) atoms. The fraction of sp³-hybridized carbons (Fsp3) is 0.682. The smallest absolute Gasteiger partial charge is 0.0989 e. The highest BCUT2D eigenvalue weighted by Gasteiger charge is 2.56. The first-order valence-electron chi connectivity index (χ1n) is 10.1. The predicted octanol–water partition coefficient (Wildman–Crippen LogP) is 4.66. The fourth-order valence-corrected chi connectivity index (χ4v) is 6.98. The molecule has 0 aliphatic heterocycles. The van der Waals surface area contributed by atoms with E-state index in [0.29, 0.717) is 5.41 Å². The van der Waals surface area contributed by atoms with Crippen LogP contribution in [0.25, 0.3) is 5.70 Å². The lowest BCUT2D eigenvalue weighted by Gasteiger charge is -2.59. The van der Waals surface area contributed by atoms with E-state index >= 15 is 0 Å². The lowest BCUT2D eigenvalue weighted by Crippen LogP contribution is -2.51. The van der Waals surface area contributed by atoms with Gasteiger partial charge in [0.2, 0.25) is 0 Å².